The van der Waals surface area contributed by atoms with Gasteiger partial charge < -0.3 is 16.4 Å². The smallest absolute Gasteiger partial charge is 0.216 e. The lowest BCUT2D eigenvalue weighted by atomic mass is 10.2. The van der Waals surface area contributed by atoms with Gasteiger partial charge in [-0.3, -0.25) is 9.79 Å². The molecule has 5 nitrogen and oxygen atoms in total. The highest BCUT2D eigenvalue weighted by molar-refractivity contribution is 8.93. The van der Waals surface area contributed by atoms with E-state index in [1.54, 1.807) is 0 Å². The number of carbonyl (C=O) groups excluding carboxylic acids is 1. The third-order valence-electron chi connectivity index (χ3n) is 1.70. The monoisotopic (exact) mass is 250 g/mol. The van der Waals surface area contributed by atoms with Gasteiger partial charge in [-0.05, 0) is 6.42 Å². The number of nitrogens with one attached hydrogen (secondary N) is 2. The van der Waals surface area contributed by atoms with Crippen molar-refractivity contribution in [3.8, 4) is 0 Å². The third kappa shape index (κ3) is 4.72. The largest absolute Gasteiger partial charge is 0.370 e. The first-order valence-corrected chi connectivity index (χ1v) is 3.99. The summed E-state index contributed by atoms with van der Waals surface area (Å²) < 4.78 is 0. The molecular weight excluding hydrogens is 236 g/mol. The van der Waals surface area contributed by atoms with Crippen LogP contribution in [0.2, 0.25) is 0 Å². The number of aliphatic imine (C=N–C) groups is 1. The first-order chi connectivity index (χ1) is 5.68. The van der Waals surface area contributed by atoms with E-state index < -0.39 is 0 Å². The number of guanidine groups is 1. The van der Waals surface area contributed by atoms with E-state index in [0.29, 0.717) is 19.0 Å². The van der Waals surface area contributed by atoms with Crippen molar-refractivity contribution in [2.24, 2.45) is 10.7 Å². The Labute approximate surface area is 87.9 Å². The van der Waals surface area contributed by atoms with Crippen molar-refractivity contribution in [3.05, 3.63) is 0 Å². The SMILES string of the molecule is Br.CC(=O)NCC[C@@H]1CN=C(N)N1. The minimum atomic E-state index is 0. The lowest BCUT2D eigenvalue weighted by molar-refractivity contribution is -0.118. The molecule has 0 aliphatic carbocycles. The zero-order chi connectivity index (χ0) is 8.97. The average Bonchev–Trinajstić information content (AvgIpc) is 2.35. The lowest BCUT2D eigenvalue weighted by Gasteiger charge is -2.09. The minimum absolute atomic E-state index is 0. The first-order valence-electron chi connectivity index (χ1n) is 3.99. The molecule has 1 aliphatic heterocycles. The molecule has 0 aromatic carbocycles. The maximum atomic E-state index is 10.5. The maximum absolute atomic E-state index is 10.5. The van der Waals surface area contributed by atoms with Gasteiger partial charge in [0.2, 0.25) is 5.91 Å². The Balaban J connectivity index is 0.00000144. The molecule has 1 atom stereocenters. The van der Waals surface area contributed by atoms with Gasteiger partial charge in [-0.1, -0.05) is 0 Å². The molecule has 6 heteroatoms. The number of rotatable bonds is 3. The Hall–Kier alpha value is -0.780. The molecule has 1 amide bonds. The fourth-order valence-electron chi connectivity index (χ4n) is 1.09. The van der Waals surface area contributed by atoms with Crippen LogP contribution < -0.4 is 16.4 Å². The second-order valence-electron chi connectivity index (χ2n) is 2.84. The number of carbonyl (C=O) groups is 1. The Morgan fingerprint density at radius 1 is 1.85 bits per heavy atom. The van der Waals surface area contributed by atoms with E-state index in [0.717, 1.165) is 6.42 Å². The number of nitrogens with two attached hydrogens (primary N) is 1. The summed E-state index contributed by atoms with van der Waals surface area (Å²) in [5, 5.41) is 5.72. The van der Waals surface area contributed by atoms with E-state index in [4.69, 9.17) is 5.73 Å². The first kappa shape index (κ1) is 12.2. The molecule has 4 N–H and O–H groups in total. The number of hydrogen-bond donors (Lipinski definition) is 3. The van der Waals surface area contributed by atoms with Crippen LogP contribution in [0.3, 0.4) is 0 Å². The van der Waals surface area contributed by atoms with Crippen molar-refractivity contribution in [1.82, 2.24) is 10.6 Å². The predicted molar refractivity (Wildman–Crippen MR) is 57.0 cm³/mol. The van der Waals surface area contributed by atoms with Crippen LogP contribution in [-0.4, -0.2) is 31.0 Å². The fourth-order valence-corrected chi connectivity index (χ4v) is 1.09. The quantitative estimate of drug-likeness (QED) is 0.625. The predicted octanol–water partition coefficient (Wildman–Crippen LogP) is -0.623. The van der Waals surface area contributed by atoms with Gasteiger partial charge in [0, 0.05) is 13.5 Å². The van der Waals surface area contributed by atoms with E-state index in [9.17, 15) is 4.79 Å². The van der Waals surface area contributed by atoms with Crippen LogP contribution in [0, 0.1) is 0 Å². The highest BCUT2D eigenvalue weighted by Gasteiger charge is 2.13. The topological polar surface area (TPSA) is 79.5 Å². The highest BCUT2D eigenvalue weighted by atomic mass is 79.9. The van der Waals surface area contributed by atoms with Crippen LogP contribution in [0.4, 0.5) is 0 Å². The summed E-state index contributed by atoms with van der Waals surface area (Å²) in [5.74, 6) is 0.504. The number of halogens is 1. The van der Waals surface area contributed by atoms with E-state index >= 15 is 0 Å². The van der Waals surface area contributed by atoms with Crippen LogP contribution in [0.5, 0.6) is 0 Å². The number of hydrogen-bond acceptors (Lipinski definition) is 4. The van der Waals surface area contributed by atoms with Gasteiger partial charge in [0.1, 0.15) is 0 Å². The van der Waals surface area contributed by atoms with Crippen LogP contribution in [0.1, 0.15) is 13.3 Å². The molecule has 76 valence electrons. The summed E-state index contributed by atoms with van der Waals surface area (Å²) in [6.45, 7) is 2.90. The summed E-state index contributed by atoms with van der Waals surface area (Å²) in [7, 11) is 0. The molecule has 1 aliphatic rings. The van der Waals surface area contributed by atoms with Crippen molar-refractivity contribution < 1.29 is 4.79 Å². The van der Waals surface area contributed by atoms with Gasteiger partial charge in [0.25, 0.3) is 0 Å². The Morgan fingerprint density at radius 2 is 2.54 bits per heavy atom. The van der Waals surface area contributed by atoms with Crippen molar-refractivity contribution in [3.63, 3.8) is 0 Å². The molecule has 0 saturated heterocycles. The van der Waals surface area contributed by atoms with Gasteiger partial charge in [-0.15, -0.1) is 17.0 Å². The van der Waals surface area contributed by atoms with Crippen molar-refractivity contribution in [1.29, 1.82) is 0 Å². The number of amides is 1. The second kappa shape index (κ2) is 5.80. The van der Waals surface area contributed by atoms with E-state index in [1.807, 2.05) is 0 Å². The molecule has 1 heterocycles. The maximum Gasteiger partial charge on any atom is 0.216 e. The van der Waals surface area contributed by atoms with Crippen LogP contribution >= 0.6 is 17.0 Å². The summed E-state index contributed by atoms with van der Waals surface area (Å²) >= 11 is 0. The van der Waals surface area contributed by atoms with Gasteiger partial charge >= 0.3 is 0 Å². The summed E-state index contributed by atoms with van der Waals surface area (Å²) in [4.78, 5) is 14.5. The van der Waals surface area contributed by atoms with Gasteiger partial charge in [0.05, 0.1) is 12.6 Å². The zero-order valence-corrected chi connectivity index (χ0v) is 9.25. The summed E-state index contributed by atoms with van der Waals surface area (Å²) in [5.41, 5.74) is 5.41. The molecule has 0 spiro atoms. The molecule has 0 aromatic rings. The third-order valence-corrected chi connectivity index (χ3v) is 1.70. The molecule has 0 fully saturated rings. The minimum Gasteiger partial charge on any atom is -0.370 e. The van der Waals surface area contributed by atoms with Crippen molar-refractivity contribution >= 4 is 28.8 Å². The average molecular weight is 251 g/mol. The highest BCUT2D eigenvalue weighted by Crippen LogP contribution is 1.96. The lowest BCUT2D eigenvalue weighted by Crippen LogP contribution is -2.37. The molecule has 0 aromatic heterocycles. The van der Waals surface area contributed by atoms with Crippen molar-refractivity contribution in [2.75, 3.05) is 13.1 Å². The molecule has 13 heavy (non-hydrogen) atoms. The molecule has 0 bridgehead atoms. The second-order valence-corrected chi connectivity index (χ2v) is 2.84. The Morgan fingerprint density at radius 3 is 3.00 bits per heavy atom. The van der Waals surface area contributed by atoms with Gasteiger partial charge in [-0.25, -0.2) is 0 Å². The van der Waals surface area contributed by atoms with E-state index in [2.05, 4.69) is 15.6 Å². The standard InChI is InChI=1S/C7H14N4O.BrH/c1-5(12)9-3-2-6-4-10-7(8)11-6;/h6H,2-4H2,1H3,(H,9,12)(H3,8,10,11);1H/t6-;/m1./s1. The molecule has 0 unspecified atom stereocenters. The van der Waals surface area contributed by atoms with Crippen LogP contribution in [-0.2, 0) is 4.79 Å². The molecule has 0 saturated carbocycles. The summed E-state index contributed by atoms with van der Waals surface area (Å²) in [6, 6.07) is 0.289. The van der Waals surface area contributed by atoms with E-state index in [-0.39, 0.29) is 28.9 Å². The van der Waals surface area contributed by atoms with E-state index in [1.165, 1.54) is 6.92 Å². The normalized spacial score (nSPS) is 19.8. The fraction of sp³-hybridized carbons (Fsp3) is 0.714. The molecule has 0 radical (unpaired) electrons. The van der Waals surface area contributed by atoms with Crippen LogP contribution in [0.25, 0.3) is 0 Å². The van der Waals surface area contributed by atoms with Gasteiger partial charge in [0.15, 0.2) is 5.96 Å². The Kier molecular flexibility index (Phi) is 5.45. The van der Waals surface area contributed by atoms with Gasteiger partial charge in [-0.2, -0.15) is 0 Å². The zero-order valence-electron chi connectivity index (χ0n) is 7.54. The molecular formula is C7H15BrN4O. The Bertz CT molecular complexity index is 207. The summed E-state index contributed by atoms with van der Waals surface area (Å²) in [6.07, 6.45) is 0.865. The van der Waals surface area contributed by atoms with Crippen molar-refractivity contribution in [2.45, 2.75) is 19.4 Å². The number of nitrogens with zero attached hydrogens (tertiary/aromatic N) is 1. The molecule has 1 rings (SSSR count). The van der Waals surface area contributed by atoms with Crippen LogP contribution in [0.15, 0.2) is 4.99 Å².